The minimum Gasteiger partial charge on any atom is -0.494 e. The van der Waals surface area contributed by atoms with Gasteiger partial charge < -0.3 is 10.1 Å². The Morgan fingerprint density at radius 3 is 2.24 bits per heavy atom. The smallest absolute Gasteiger partial charge is 0.264 e. The van der Waals surface area contributed by atoms with Gasteiger partial charge in [-0.05, 0) is 42.5 Å². The lowest BCUT2D eigenvalue weighted by Gasteiger charge is -2.13. The number of halogens is 2. The first kappa shape index (κ1) is 20.8. The van der Waals surface area contributed by atoms with E-state index in [0.717, 1.165) is 0 Å². The number of nitrogens with one attached hydrogen (secondary N) is 2. The van der Waals surface area contributed by atoms with Crippen LogP contribution in [0, 0.1) is 0 Å². The Kier molecular flexibility index (Phi) is 6.21. The topological polar surface area (TPSA) is 110 Å². The van der Waals surface area contributed by atoms with Crippen molar-refractivity contribution in [1.82, 2.24) is 9.97 Å². The number of sulfonamides is 1. The maximum atomic E-state index is 12.6. The Labute approximate surface area is 176 Å². The van der Waals surface area contributed by atoms with Crippen LogP contribution in [-0.4, -0.2) is 31.4 Å². The third kappa shape index (κ3) is 4.76. The number of benzene rings is 2. The van der Waals surface area contributed by atoms with Crippen LogP contribution in [0.2, 0.25) is 10.0 Å². The standard InChI is InChI=1S/C18H14Cl2N4O4S/c1-28-16-14(20)8-7-13(19)15(16)17(25)23-11-3-5-12(6-4-11)29(26,27)24-18-21-9-2-10-22-18/h2-10H,1H3,(H,23,25)(H,21,22,24). The number of carbonyl (C=O) groups is 1. The molecule has 0 atom stereocenters. The highest BCUT2D eigenvalue weighted by Gasteiger charge is 2.20. The molecule has 0 aliphatic heterocycles. The molecule has 2 aromatic carbocycles. The molecule has 3 aromatic rings. The number of anilines is 2. The maximum absolute atomic E-state index is 12.6. The fourth-order valence-electron chi connectivity index (χ4n) is 2.39. The summed E-state index contributed by atoms with van der Waals surface area (Å²) in [6, 6.07) is 10.1. The molecule has 8 nitrogen and oxygen atoms in total. The molecule has 0 aliphatic carbocycles. The van der Waals surface area contributed by atoms with E-state index in [2.05, 4.69) is 20.0 Å². The monoisotopic (exact) mass is 452 g/mol. The van der Waals surface area contributed by atoms with E-state index in [0.29, 0.717) is 5.69 Å². The third-order valence-corrected chi connectivity index (χ3v) is 5.66. The van der Waals surface area contributed by atoms with Crippen LogP contribution < -0.4 is 14.8 Å². The fraction of sp³-hybridized carbons (Fsp3) is 0.0556. The van der Waals surface area contributed by atoms with Gasteiger partial charge in [-0.15, -0.1) is 0 Å². The summed E-state index contributed by atoms with van der Waals surface area (Å²) in [7, 11) is -2.51. The van der Waals surface area contributed by atoms with Gasteiger partial charge in [-0.3, -0.25) is 4.79 Å². The Morgan fingerprint density at radius 2 is 1.62 bits per heavy atom. The van der Waals surface area contributed by atoms with Crippen molar-refractivity contribution in [2.24, 2.45) is 0 Å². The van der Waals surface area contributed by atoms with Gasteiger partial charge >= 0.3 is 0 Å². The molecule has 0 radical (unpaired) electrons. The van der Waals surface area contributed by atoms with Gasteiger partial charge in [0, 0.05) is 18.1 Å². The first-order valence-corrected chi connectivity index (χ1v) is 10.3. The highest BCUT2D eigenvalue weighted by atomic mass is 35.5. The fourth-order valence-corrected chi connectivity index (χ4v) is 3.81. The molecule has 1 aromatic heterocycles. The Morgan fingerprint density at radius 1 is 1.00 bits per heavy atom. The van der Waals surface area contributed by atoms with Crippen molar-refractivity contribution < 1.29 is 17.9 Å². The minimum absolute atomic E-state index is 0.0266. The summed E-state index contributed by atoms with van der Waals surface area (Å²) in [4.78, 5) is 20.2. The zero-order valence-corrected chi connectivity index (χ0v) is 17.2. The van der Waals surface area contributed by atoms with Crippen molar-refractivity contribution >= 4 is 50.8 Å². The molecule has 1 amide bonds. The number of amides is 1. The van der Waals surface area contributed by atoms with E-state index in [4.69, 9.17) is 27.9 Å². The molecule has 11 heteroatoms. The average Bonchev–Trinajstić information content (AvgIpc) is 2.70. The first-order valence-electron chi connectivity index (χ1n) is 8.05. The van der Waals surface area contributed by atoms with E-state index < -0.39 is 15.9 Å². The summed E-state index contributed by atoms with van der Waals surface area (Å²) in [5.74, 6) is -0.462. The number of nitrogens with zero attached hydrogens (tertiary/aromatic N) is 2. The van der Waals surface area contributed by atoms with Crippen LogP contribution in [0.3, 0.4) is 0 Å². The SMILES string of the molecule is COc1c(Cl)ccc(Cl)c1C(=O)Nc1ccc(S(=O)(=O)Nc2ncccn2)cc1. The molecule has 150 valence electrons. The molecule has 2 N–H and O–H groups in total. The number of methoxy groups -OCH3 is 1. The van der Waals surface area contributed by atoms with Gasteiger partial charge in [-0.1, -0.05) is 23.2 Å². The highest BCUT2D eigenvalue weighted by Crippen LogP contribution is 2.34. The largest absolute Gasteiger partial charge is 0.494 e. The zero-order chi connectivity index (χ0) is 21.0. The Bertz CT molecular complexity index is 1140. The zero-order valence-electron chi connectivity index (χ0n) is 14.9. The minimum atomic E-state index is -3.88. The average molecular weight is 453 g/mol. The van der Waals surface area contributed by atoms with Gasteiger partial charge in [-0.25, -0.2) is 23.1 Å². The molecule has 0 bridgehead atoms. The van der Waals surface area contributed by atoms with Crippen LogP contribution in [0.5, 0.6) is 5.75 Å². The van der Waals surface area contributed by atoms with E-state index in [1.54, 1.807) is 6.07 Å². The number of ether oxygens (including phenoxy) is 1. The molecule has 3 rings (SSSR count). The molecule has 0 saturated carbocycles. The molecule has 0 fully saturated rings. The van der Waals surface area contributed by atoms with Crippen LogP contribution in [0.4, 0.5) is 11.6 Å². The molecule has 0 spiro atoms. The molecule has 0 unspecified atom stereocenters. The molecule has 0 saturated heterocycles. The summed E-state index contributed by atoms with van der Waals surface area (Å²) in [5.41, 5.74) is 0.421. The molecule has 29 heavy (non-hydrogen) atoms. The summed E-state index contributed by atoms with van der Waals surface area (Å²) in [5, 5.41) is 3.02. The first-order chi connectivity index (χ1) is 13.8. The Hall–Kier alpha value is -2.88. The lowest BCUT2D eigenvalue weighted by Crippen LogP contribution is -2.16. The number of carbonyl (C=O) groups excluding carboxylic acids is 1. The van der Waals surface area contributed by atoms with Crippen molar-refractivity contribution in [3.63, 3.8) is 0 Å². The van der Waals surface area contributed by atoms with E-state index in [1.807, 2.05) is 0 Å². The molecular formula is C18H14Cl2N4O4S. The van der Waals surface area contributed by atoms with Gasteiger partial charge in [-0.2, -0.15) is 0 Å². The van der Waals surface area contributed by atoms with E-state index in [-0.39, 0.29) is 32.2 Å². The maximum Gasteiger partial charge on any atom is 0.264 e. The summed E-state index contributed by atoms with van der Waals surface area (Å²) >= 11 is 12.1. The number of hydrogen-bond acceptors (Lipinski definition) is 6. The van der Waals surface area contributed by atoms with Crippen molar-refractivity contribution in [3.8, 4) is 5.75 Å². The van der Waals surface area contributed by atoms with Crippen molar-refractivity contribution in [2.75, 3.05) is 17.1 Å². The van der Waals surface area contributed by atoms with Gasteiger partial charge in [0.2, 0.25) is 5.95 Å². The van der Waals surface area contributed by atoms with Gasteiger partial charge in [0.15, 0.2) is 5.75 Å². The van der Waals surface area contributed by atoms with E-state index in [9.17, 15) is 13.2 Å². The second-order valence-electron chi connectivity index (χ2n) is 5.59. The number of rotatable bonds is 6. The lowest BCUT2D eigenvalue weighted by atomic mass is 10.1. The van der Waals surface area contributed by atoms with Crippen LogP contribution >= 0.6 is 23.2 Å². The summed E-state index contributed by atoms with van der Waals surface area (Å²) in [6.45, 7) is 0. The van der Waals surface area contributed by atoms with Gasteiger partial charge in [0.25, 0.3) is 15.9 Å². The Balaban J connectivity index is 1.79. The lowest BCUT2D eigenvalue weighted by molar-refractivity contribution is 0.102. The quantitative estimate of drug-likeness (QED) is 0.587. The number of aromatic nitrogens is 2. The number of hydrogen-bond donors (Lipinski definition) is 2. The van der Waals surface area contributed by atoms with Gasteiger partial charge in [0.1, 0.15) is 5.56 Å². The molecular weight excluding hydrogens is 439 g/mol. The van der Waals surface area contributed by atoms with Crippen molar-refractivity contribution in [3.05, 3.63) is 70.5 Å². The second-order valence-corrected chi connectivity index (χ2v) is 8.09. The van der Waals surface area contributed by atoms with Crippen molar-refractivity contribution in [1.29, 1.82) is 0 Å². The third-order valence-electron chi connectivity index (χ3n) is 3.70. The predicted molar refractivity (Wildman–Crippen MR) is 110 cm³/mol. The van der Waals surface area contributed by atoms with Crippen LogP contribution in [0.25, 0.3) is 0 Å². The van der Waals surface area contributed by atoms with Crippen LogP contribution in [0.1, 0.15) is 10.4 Å². The molecule has 1 heterocycles. The van der Waals surface area contributed by atoms with E-state index in [1.165, 1.54) is 55.9 Å². The van der Waals surface area contributed by atoms with E-state index >= 15 is 0 Å². The molecule has 0 aliphatic rings. The summed E-state index contributed by atoms with van der Waals surface area (Å²) < 4.78 is 32.2. The highest BCUT2D eigenvalue weighted by molar-refractivity contribution is 7.92. The van der Waals surface area contributed by atoms with Crippen LogP contribution in [-0.2, 0) is 10.0 Å². The van der Waals surface area contributed by atoms with Crippen molar-refractivity contribution in [2.45, 2.75) is 4.90 Å². The van der Waals surface area contributed by atoms with Crippen LogP contribution in [0.15, 0.2) is 59.8 Å². The van der Waals surface area contributed by atoms with Gasteiger partial charge in [0.05, 0.1) is 22.1 Å². The second kappa shape index (κ2) is 8.64. The normalized spacial score (nSPS) is 11.0. The summed E-state index contributed by atoms with van der Waals surface area (Å²) in [6.07, 6.45) is 2.83. The predicted octanol–water partition coefficient (Wildman–Crippen LogP) is 3.85.